The second-order valence-electron chi connectivity index (χ2n) is 4.85. The minimum atomic E-state index is -0.366. The number of carbonyl (C=O) groups is 2. The fourth-order valence-electron chi connectivity index (χ4n) is 2.80. The second-order valence-corrected chi connectivity index (χ2v) is 4.85. The highest BCUT2D eigenvalue weighted by Crippen LogP contribution is 2.24. The van der Waals surface area contributed by atoms with Crippen molar-refractivity contribution in [1.82, 2.24) is 10.2 Å². The van der Waals surface area contributed by atoms with Gasteiger partial charge in [0.15, 0.2) is 0 Å². The first-order chi connectivity index (χ1) is 8.22. The highest BCUT2D eigenvalue weighted by atomic mass is 16.3. The van der Waals surface area contributed by atoms with Crippen LogP contribution in [-0.4, -0.2) is 47.1 Å². The summed E-state index contributed by atoms with van der Waals surface area (Å²) in [6.45, 7) is 0.374. The molecular formula is C12H20N2O3. The third-order valence-electron chi connectivity index (χ3n) is 3.68. The average molecular weight is 240 g/mol. The summed E-state index contributed by atoms with van der Waals surface area (Å²) < 4.78 is 0. The molecule has 17 heavy (non-hydrogen) atoms. The number of rotatable bonds is 4. The van der Waals surface area contributed by atoms with Gasteiger partial charge >= 0.3 is 0 Å². The Balaban J connectivity index is 1.99. The van der Waals surface area contributed by atoms with Crippen molar-refractivity contribution in [3.63, 3.8) is 0 Å². The Morgan fingerprint density at radius 2 is 2.06 bits per heavy atom. The molecular weight excluding hydrogens is 220 g/mol. The molecule has 2 rings (SSSR count). The molecule has 2 aliphatic rings. The van der Waals surface area contributed by atoms with Crippen LogP contribution in [0, 0.1) is 0 Å². The van der Waals surface area contributed by atoms with E-state index >= 15 is 0 Å². The number of aliphatic hydroxyl groups excluding tert-OH is 1. The van der Waals surface area contributed by atoms with Crippen molar-refractivity contribution >= 4 is 11.8 Å². The number of amides is 2. The van der Waals surface area contributed by atoms with Crippen LogP contribution < -0.4 is 5.32 Å². The van der Waals surface area contributed by atoms with Gasteiger partial charge in [-0.05, 0) is 19.3 Å². The van der Waals surface area contributed by atoms with Crippen molar-refractivity contribution in [2.24, 2.45) is 0 Å². The summed E-state index contributed by atoms with van der Waals surface area (Å²) >= 11 is 0. The SMILES string of the molecule is O=C1CCC(C(=O)N(CCO)C2CCCC2)N1. The van der Waals surface area contributed by atoms with E-state index in [1.165, 1.54) is 0 Å². The van der Waals surface area contributed by atoms with Gasteiger partial charge in [0.1, 0.15) is 6.04 Å². The van der Waals surface area contributed by atoms with Crippen LogP contribution in [0.2, 0.25) is 0 Å². The van der Waals surface area contributed by atoms with Gasteiger partial charge < -0.3 is 15.3 Å². The lowest BCUT2D eigenvalue weighted by Gasteiger charge is -2.30. The fourth-order valence-corrected chi connectivity index (χ4v) is 2.80. The number of aliphatic hydroxyl groups is 1. The van der Waals surface area contributed by atoms with Gasteiger partial charge in [0.25, 0.3) is 0 Å². The molecule has 1 aliphatic carbocycles. The van der Waals surface area contributed by atoms with Gasteiger partial charge in [-0.2, -0.15) is 0 Å². The molecule has 2 fully saturated rings. The quantitative estimate of drug-likeness (QED) is 0.728. The zero-order valence-electron chi connectivity index (χ0n) is 10.0. The van der Waals surface area contributed by atoms with Crippen molar-refractivity contribution in [2.75, 3.05) is 13.2 Å². The first-order valence-corrected chi connectivity index (χ1v) is 6.43. The Bertz CT molecular complexity index is 300. The number of carbonyl (C=O) groups excluding carboxylic acids is 2. The van der Waals surface area contributed by atoms with E-state index in [2.05, 4.69) is 5.32 Å². The van der Waals surface area contributed by atoms with Crippen molar-refractivity contribution in [3.05, 3.63) is 0 Å². The number of hydrogen-bond donors (Lipinski definition) is 2. The lowest BCUT2D eigenvalue weighted by molar-refractivity contribution is -0.137. The first-order valence-electron chi connectivity index (χ1n) is 6.43. The maximum atomic E-state index is 12.3. The predicted octanol–water partition coefficient (Wildman–Crippen LogP) is 0.0285. The average Bonchev–Trinajstić information content (AvgIpc) is 2.95. The van der Waals surface area contributed by atoms with E-state index in [1.807, 2.05) is 0 Å². The van der Waals surface area contributed by atoms with E-state index in [-0.39, 0.29) is 30.5 Å². The van der Waals surface area contributed by atoms with Crippen molar-refractivity contribution < 1.29 is 14.7 Å². The molecule has 1 heterocycles. The van der Waals surface area contributed by atoms with Crippen LogP contribution in [0.4, 0.5) is 0 Å². The highest BCUT2D eigenvalue weighted by Gasteiger charge is 2.34. The summed E-state index contributed by atoms with van der Waals surface area (Å²) in [6.07, 6.45) is 5.37. The molecule has 5 heteroatoms. The van der Waals surface area contributed by atoms with Crippen LogP contribution >= 0.6 is 0 Å². The fraction of sp³-hybridized carbons (Fsp3) is 0.833. The Hall–Kier alpha value is -1.10. The molecule has 1 atom stereocenters. The van der Waals surface area contributed by atoms with Crippen molar-refractivity contribution in [2.45, 2.75) is 50.6 Å². The normalized spacial score (nSPS) is 25.0. The second kappa shape index (κ2) is 5.49. The molecule has 96 valence electrons. The number of nitrogens with zero attached hydrogens (tertiary/aromatic N) is 1. The standard InChI is InChI=1S/C12H20N2O3/c15-8-7-14(9-3-1-2-4-9)12(17)10-5-6-11(16)13-10/h9-10,15H,1-8H2,(H,13,16). The maximum Gasteiger partial charge on any atom is 0.245 e. The van der Waals surface area contributed by atoms with Crippen molar-refractivity contribution in [1.29, 1.82) is 0 Å². The Kier molecular flexibility index (Phi) is 3.99. The van der Waals surface area contributed by atoms with Crippen LogP contribution in [0.15, 0.2) is 0 Å². The number of hydrogen-bond acceptors (Lipinski definition) is 3. The van der Waals surface area contributed by atoms with Crippen LogP contribution in [0.1, 0.15) is 38.5 Å². The van der Waals surface area contributed by atoms with E-state index < -0.39 is 0 Å². The molecule has 0 aromatic heterocycles. The molecule has 0 bridgehead atoms. The van der Waals surface area contributed by atoms with Crippen LogP contribution in [0.5, 0.6) is 0 Å². The predicted molar refractivity (Wildman–Crippen MR) is 62.2 cm³/mol. The third kappa shape index (κ3) is 2.77. The smallest absolute Gasteiger partial charge is 0.245 e. The van der Waals surface area contributed by atoms with Gasteiger partial charge in [-0.3, -0.25) is 9.59 Å². The van der Waals surface area contributed by atoms with Gasteiger partial charge in [0.05, 0.1) is 6.61 Å². The van der Waals surface area contributed by atoms with E-state index in [0.717, 1.165) is 25.7 Å². The summed E-state index contributed by atoms with van der Waals surface area (Å²) in [6, 6.07) is -0.109. The van der Waals surface area contributed by atoms with Gasteiger partial charge in [0.2, 0.25) is 11.8 Å². The zero-order chi connectivity index (χ0) is 12.3. The van der Waals surface area contributed by atoms with Gasteiger partial charge in [-0.1, -0.05) is 12.8 Å². The molecule has 1 unspecified atom stereocenters. The molecule has 5 nitrogen and oxygen atoms in total. The van der Waals surface area contributed by atoms with E-state index in [1.54, 1.807) is 4.90 Å². The van der Waals surface area contributed by atoms with E-state index in [4.69, 9.17) is 5.11 Å². The lowest BCUT2D eigenvalue weighted by atomic mass is 10.1. The first kappa shape index (κ1) is 12.4. The minimum absolute atomic E-state index is 0.0110. The van der Waals surface area contributed by atoms with Gasteiger partial charge in [-0.25, -0.2) is 0 Å². The Morgan fingerprint density at radius 1 is 1.35 bits per heavy atom. The molecule has 2 N–H and O–H groups in total. The molecule has 1 saturated carbocycles. The largest absolute Gasteiger partial charge is 0.395 e. The molecule has 0 radical (unpaired) electrons. The maximum absolute atomic E-state index is 12.3. The third-order valence-corrected chi connectivity index (χ3v) is 3.68. The van der Waals surface area contributed by atoms with Gasteiger partial charge in [-0.15, -0.1) is 0 Å². The summed E-state index contributed by atoms with van der Waals surface area (Å²) in [4.78, 5) is 25.2. The van der Waals surface area contributed by atoms with Crippen LogP contribution in [0.3, 0.4) is 0 Å². The summed E-state index contributed by atoms with van der Waals surface area (Å²) in [5.74, 6) is -0.0597. The van der Waals surface area contributed by atoms with Crippen LogP contribution in [0.25, 0.3) is 0 Å². The molecule has 0 spiro atoms. The summed E-state index contributed by atoms with van der Waals surface area (Å²) in [7, 11) is 0. The topological polar surface area (TPSA) is 69.6 Å². The summed E-state index contributed by atoms with van der Waals surface area (Å²) in [5, 5.41) is 11.8. The monoisotopic (exact) mass is 240 g/mol. The minimum Gasteiger partial charge on any atom is -0.395 e. The molecule has 0 aromatic carbocycles. The summed E-state index contributed by atoms with van der Waals surface area (Å²) in [5.41, 5.74) is 0. The molecule has 0 aromatic rings. The lowest BCUT2D eigenvalue weighted by Crippen LogP contribution is -2.49. The zero-order valence-corrected chi connectivity index (χ0v) is 10.0. The highest BCUT2D eigenvalue weighted by molar-refractivity contribution is 5.91. The van der Waals surface area contributed by atoms with Crippen molar-refractivity contribution in [3.8, 4) is 0 Å². The van der Waals surface area contributed by atoms with Gasteiger partial charge in [0, 0.05) is 19.0 Å². The van der Waals surface area contributed by atoms with E-state index in [9.17, 15) is 9.59 Å². The molecule has 1 aliphatic heterocycles. The number of nitrogens with one attached hydrogen (secondary N) is 1. The van der Waals surface area contributed by atoms with Crippen LogP contribution in [-0.2, 0) is 9.59 Å². The Morgan fingerprint density at radius 3 is 2.59 bits per heavy atom. The van der Waals surface area contributed by atoms with E-state index in [0.29, 0.717) is 19.4 Å². The molecule has 2 amide bonds. The Labute approximate surface area is 101 Å². The molecule has 1 saturated heterocycles.